The van der Waals surface area contributed by atoms with Gasteiger partial charge in [0.1, 0.15) is 63.9 Å². The van der Waals surface area contributed by atoms with Gasteiger partial charge in [-0.1, -0.05) is 123 Å². The minimum atomic E-state index is -1.32. The number of carboxylic acids is 1. The molecule has 4 bridgehead atoms. The number of aliphatic carboxylic acids is 1. The number of allylic oxidation sites excluding steroid dienone is 1. The predicted octanol–water partition coefficient (Wildman–Crippen LogP) is 11.1. The molecule has 0 spiro atoms. The zero-order chi connectivity index (χ0) is 103. The fraction of sp³-hybridized carbons (Fsp3) is 0.462. The predicted molar refractivity (Wildman–Crippen MR) is 528 cm³/mol. The van der Waals surface area contributed by atoms with E-state index < -0.39 is 71.0 Å². The van der Waals surface area contributed by atoms with Crippen molar-refractivity contribution < 1.29 is 106 Å². The maximum atomic E-state index is 12.6. The number of hydrogen-bond donors (Lipinski definition) is 5. The average Bonchev–Trinajstić information content (AvgIpc) is 1.50. The highest BCUT2D eigenvalue weighted by Gasteiger charge is 2.64. The van der Waals surface area contributed by atoms with Crippen molar-refractivity contribution in [2.24, 2.45) is 5.92 Å². The van der Waals surface area contributed by atoms with Crippen LogP contribution in [0.5, 0.6) is 23.0 Å². The van der Waals surface area contributed by atoms with E-state index in [4.69, 9.17) is 52.1 Å². The molecule has 5 saturated heterocycles. The molecule has 4 aromatic heterocycles. The van der Waals surface area contributed by atoms with Crippen LogP contribution in [0.4, 0.5) is 5.95 Å². The van der Waals surface area contributed by atoms with Crippen LogP contribution in [-0.4, -0.2) is 237 Å². The number of rotatable bonds is 27. The van der Waals surface area contributed by atoms with Gasteiger partial charge in [0.25, 0.3) is 11.1 Å². The van der Waals surface area contributed by atoms with E-state index in [-0.39, 0.29) is 127 Å². The van der Waals surface area contributed by atoms with Gasteiger partial charge in [-0.15, -0.1) is 0 Å². The molecule has 0 radical (unpaired) electrons. The van der Waals surface area contributed by atoms with Gasteiger partial charge in [0.05, 0.1) is 125 Å². The van der Waals surface area contributed by atoms with Gasteiger partial charge in [0, 0.05) is 60.6 Å². The van der Waals surface area contributed by atoms with Gasteiger partial charge in [-0.2, -0.15) is 4.98 Å². The number of benzene rings is 6. The number of aromatic amines is 2. The number of carbonyl (C=O) groups is 7. The Morgan fingerprint density at radius 3 is 1.34 bits per heavy atom. The standard InChI is InChI=1S/C32H34O9.C28H30O6.C13H19N5O2.C13H19N5O.C10H15NO2.C6H15N.C4H4O3/c1-21-29-30(40-28(35)18-17-27(33)34)31(41-21,19-38-29)20-39-32(22-7-5-4-6-8-22,23-9-13-25(36-2)14-10-23)24-11-15-26(37-3)16-12-24;1-19-25-26(29)27(34-19,17-32-25)18-33-28(20-7-5-4-6-8-20,21-9-13-23(30-2)14-10-21)22-11-15-24(31-3)16-12-22;1-7(2)10(19)16-12-15-9-8(11(20)17-12)14-6-18(9)13(3,4)5;1-13(2,3)18-8-14-10-11(18)15-9(16-12(10)19)6-7-17(4)5;1-7-6-11(10(2,3)4)9(13)5-8(7)12;1-4-7(5-2)6-3;5-3-1-2-4(6)7-3/h4-16,21,29-30H,17-20H2,1-3H3,(H,33,34);4-16,19,25-26,29H,17-18H2,1-3H3;6-7H,1-5H3,(H2,15,16,17,19,20);6-8H,1-5H3,(H,15,16,19);6H,5H2,1-4H3;4-6H2,1-3H3;1-2H2/b;;;7-6+;;;/t21-,29?,30+,31+;19-,25?,26+,27+;;;;;/m00...../s1. The molecule has 35 nitrogen and oxygen atoms in total. The first-order valence-corrected chi connectivity index (χ1v) is 47.1. The van der Waals surface area contributed by atoms with Crippen molar-refractivity contribution in [3.8, 4) is 23.0 Å². The second-order valence-corrected chi connectivity index (χ2v) is 38.3. The number of aliphatic hydroxyl groups is 1. The summed E-state index contributed by atoms with van der Waals surface area (Å²) in [7, 11) is 10.3. The Morgan fingerprint density at radius 1 is 0.574 bits per heavy atom. The number of cyclic esters (lactones) is 2. The number of quaternary nitrogens is 1. The van der Waals surface area contributed by atoms with E-state index in [9.17, 15) is 53.4 Å². The molecule has 8 atom stereocenters. The number of hydrogen-bond acceptors (Lipinski definition) is 28. The van der Waals surface area contributed by atoms with Crippen molar-refractivity contribution in [2.75, 3.05) is 93.9 Å². The second-order valence-electron chi connectivity index (χ2n) is 38.3. The number of imidazole rings is 2. The molecule has 10 heterocycles. The number of ether oxygens (including phenoxy) is 12. The molecule has 10 aromatic rings. The van der Waals surface area contributed by atoms with E-state index in [0.29, 0.717) is 46.3 Å². The number of Topliss-reactive ketones (excluding diaryl/α,β-unsaturated/α-hetero) is 1. The van der Waals surface area contributed by atoms with Crippen LogP contribution >= 0.6 is 0 Å². The fourth-order valence-electron chi connectivity index (χ4n) is 16.7. The summed E-state index contributed by atoms with van der Waals surface area (Å²) >= 11 is 0. The minimum absolute atomic E-state index is 0.0131. The number of aromatic nitrogens is 8. The zero-order valence-electron chi connectivity index (χ0n) is 84.9. The Hall–Kier alpha value is -13.1. The number of nitrogens with one attached hydrogen (secondary N) is 4. The van der Waals surface area contributed by atoms with Crippen LogP contribution in [0.25, 0.3) is 28.4 Å². The summed E-state index contributed by atoms with van der Waals surface area (Å²) in [6, 6.07) is 51.0. The molecule has 2 unspecified atom stereocenters. The molecule has 6 aliphatic heterocycles. The van der Waals surface area contributed by atoms with E-state index in [2.05, 4.69) is 72.9 Å². The molecule has 6 aromatic carbocycles. The first-order chi connectivity index (χ1) is 66.8. The number of amides is 2. The molecule has 5 N–H and O–H groups in total. The lowest BCUT2D eigenvalue weighted by Gasteiger charge is -2.39. The van der Waals surface area contributed by atoms with E-state index in [1.54, 1.807) is 83.9 Å². The van der Waals surface area contributed by atoms with E-state index in [1.807, 2.05) is 256 Å². The van der Waals surface area contributed by atoms with Crippen LogP contribution in [0.2, 0.25) is 0 Å². The molecule has 141 heavy (non-hydrogen) atoms. The van der Waals surface area contributed by atoms with Gasteiger partial charge >= 0.3 is 17.9 Å². The van der Waals surface area contributed by atoms with Gasteiger partial charge in [-0.3, -0.25) is 48.7 Å². The number of esters is 3. The zero-order valence-corrected chi connectivity index (χ0v) is 84.9. The van der Waals surface area contributed by atoms with Crippen LogP contribution in [0.1, 0.15) is 189 Å². The van der Waals surface area contributed by atoms with E-state index in [1.165, 1.54) is 19.6 Å². The Labute approximate surface area is 822 Å². The smallest absolute Gasteiger partial charge is 0.314 e. The summed E-state index contributed by atoms with van der Waals surface area (Å²) < 4.78 is 73.5. The molecule has 35 heteroatoms. The van der Waals surface area contributed by atoms with Gasteiger partial charge < -0.3 is 101 Å². The second kappa shape index (κ2) is 47.9. The third-order valence-electron chi connectivity index (χ3n) is 24.6. The number of aliphatic hydroxyl groups excluding tert-OH is 1. The van der Waals surface area contributed by atoms with Crippen molar-refractivity contribution >= 4 is 75.8 Å². The van der Waals surface area contributed by atoms with Gasteiger partial charge in [0.15, 0.2) is 39.8 Å². The van der Waals surface area contributed by atoms with Gasteiger partial charge in [-0.05, 0) is 198 Å². The minimum Gasteiger partial charge on any atom is -0.550 e. The highest BCUT2D eigenvalue weighted by atomic mass is 16.7. The summed E-state index contributed by atoms with van der Waals surface area (Å²) in [5.41, 5.74) is 2.41. The highest BCUT2D eigenvalue weighted by Crippen LogP contribution is 2.49. The largest absolute Gasteiger partial charge is 0.550 e. The summed E-state index contributed by atoms with van der Waals surface area (Å²) in [6.45, 7) is 38.1. The van der Waals surface area contributed by atoms with Crippen molar-refractivity contribution in [1.29, 1.82) is 0 Å². The van der Waals surface area contributed by atoms with Gasteiger partial charge in [0.2, 0.25) is 17.8 Å². The van der Waals surface area contributed by atoms with Crippen molar-refractivity contribution in [2.45, 2.75) is 225 Å². The number of nitrogens with zero attached hydrogens (tertiary/aromatic N) is 8. The third-order valence-corrected chi connectivity index (χ3v) is 24.6. The maximum absolute atomic E-state index is 12.6. The van der Waals surface area contributed by atoms with Crippen molar-refractivity contribution in [1.82, 2.24) is 48.8 Å². The monoisotopic (exact) mass is 1940 g/mol. The molecule has 758 valence electrons. The first-order valence-electron chi connectivity index (χ1n) is 47.1. The topological polar surface area (TPSA) is 424 Å². The lowest BCUT2D eigenvalue weighted by atomic mass is 9.79. The molecule has 5 fully saturated rings. The Balaban J connectivity index is 0.000000183. The number of anilines is 1. The van der Waals surface area contributed by atoms with Crippen LogP contribution in [0.15, 0.2) is 198 Å². The first kappa shape index (κ1) is 110. The normalized spacial score (nSPS) is 19.7. The number of fused-ring (bicyclic) bond motifs is 6. The van der Waals surface area contributed by atoms with Gasteiger partial charge in [-0.25, -0.2) is 15.0 Å². The molecular weight excluding hydrogens is 1810 g/mol. The van der Waals surface area contributed by atoms with Crippen LogP contribution < -0.4 is 45.4 Å². The highest BCUT2D eigenvalue weighted by molar-refractivity contribution is 6.09. The number of ketones is 1. The molecule has 6 aliphatic rings. The molecule has 16 rings (SSSR count). The Bertz CT molecular complexity index is 5960. The molecular formula is C106H136N12O23. The SMILES string of the molecule is CC(C)C(=O)Nc1nc2c(ncn2C(C)(C)C)c(=O)[nH]1.CC1=CN(C(C)(C)C)C(=O)CC1=O.CC[NH+](CC)CC.CN(C)/C=C/c1nc2c(ncn2C(C)(C)C)c(=O)[nH]1.COc1ccc(C(OC[C@@]23COC([C@H](C)O2)[C@H]3O)(c2ccccc2)c2ccc(OC)cc2)cc1.COc1ccc(C(OC[C@@]23COC([C@H](C)O2)[C@H]3OC(=O)CCC(=O)[O-])(c2ccccc2)c2ccc(OC)cc2)cc1.O=C1CCC(=O)O1. The quantitative estimate of drug-likeness (QED) is 0.0181. The Morgan fingerprint density at radius 2 is 0.979 bits per heavy atom. The number of carbonyl (C=O) groups excluding carboxylic acids is 7. The number of H-pyrrole nitrogens is 2. The molecule has 0 aliphatic carbocycles. The average molecular weight is 1950 g/mol. The summed E-state index contributed by atoms with van der Waals surface area (Å²) in [5.74, 6) is 0.258. The summed E-state index contributed by atoms with van der Waals surface area (Å²) in [6.07, 6.45) is 5.39. The number of methoxy groups -OCH3 is 4. The lowest BCUT2D eigenvalue weighted by Crippen LogP contribution is -3.11. The van der Waals surface area contributed by atoms with Crippen molar-refractivity contribution in [3.05, 3.63) is 248 Å². The summed E-state index contributed by atoms with van der Waals surface area (Å²) in [4.78, 5) is 129. The lowest BCUT2D eigenvalue weighted by molar-refractivity contribution is -0.894. The number of carboxylic acid groups (broad SMARTS) is 1. The van der Waals surface area contributed by atoms with Crippen molar-refractivity contribution in [3.63, 3.8) is 0 Å². The molecule has 2 amide bonds. The van der Waals surface area contributed by atoms with E-state index >= 15 is 0 Å². The van der Waals surface area contributed by atoms with Crippen LogP contribution in [0.3, 0.4) is 0 Å². The molecule has 0 saturated carbocycles. The van der Waals surface area contributed by atoms with Crippen LogP contribution in [-0.2, 0) is 93.7 Å². The fourth-order valence-corrected chi connectivity index (χ4v) is 16.7. The third kappa shape index (κ3) is 26.8. The van der Waals surface area contributed by atoms with E-state index in [0.717, 1.165) is 44.9 Å². The Kier molecular flexibility index (Phi) is 37.3. The van der Waals surface area contributed by atoms with Crippen LogP contribution in [0, 0.1) is 5.92 Å². The summed E-state index contributed by atoms with van der Waals surface area (Å²) in [5, 5.41) is 24.4. The maximum Gasteiger partial charge on any atom is 0.314 e.